The fraction of sp³-hybridized carbons (Fsp3) is 0.0714. The molecule has 5 nitrogen and oxygen atoms in total. The van der Waals surface area contributed by atoms with E-state index < -0.39 is 4.92 Å². The van der Waals surface area contributed by atoms with Crippen molar-refractivity contribution in [1.82, 2.24) is 0 Å². The van der Waals surface area contributed by atoms with E-state index in [4.69, 9.17) is 0 Å². The second-order valence-electron chi connectivity index (χ2n) is 4.15. The minimum atomic E-state index is -0.529. The first-order valence-electron chi connectivity index (χ1n) is 5.58. The molecule has 0 aliphatic heterocycles. The average Bonchev–Trinajstić information content (AvgIpc) is 2.41. The van der Waals surface area contributed by atoms with Crippen LogP contribution in [-0.2, 0) is 0 Å². The van der Waals surface area contributed by atoms with Gasteiger partial charge in [0.05, 0.1) is 10.5 Å². The van der Waals surface area contributed by atoms with Crippen molar-refractivity contribution in [1.29, 1.82) is 0 Å². The molecule has 0 saturated heterocycles. The van der Waals surface area contributed by atoms with Crippen LogP contribution in [0.15, 0.2) is 42.5 Å². The molecule has 0 heterocycles. The normalized spacial score (nSPS) is 10.2. The van der Waals surface area contributed by atoms with Gasteiger partial charge in [-0.15, -0.1) is 0 Å². The number of ketones is 1. The zero-order valence-electron chi connectivity index (χ0n) is 10.2. The topological polar surface area (TPSA) is 80.4 Å². The van der Waals surface area contributed by atoms with Crippen molar-refractivity contribution in [2.75, 3.05) is 0 Å². The summed E-state index contributed by atoms with van der Waals surface area (Å²) in [6, 6.07) is 10.0. The van der Waals surface area contributed by atoms with Gasteiger partial charge in [-0.1, -0.05) is 11.6 Å². The highest BCUT2D eigenvalue weighted by molar-refractivity contribution is 6.10. The van der Waals surface area contributed by atoms with Crippen molar-refractivity contribution < 1.29 is 14.8 Å². The number of carbonyl (C=O) groups excluding carboxylic acids is 1. The monoisotopic (exact) mass is 257 g/mol. The number of carbonyl (C=O) groups is 1. The Morgan fingerprint density at radius 1 is 1.16 bits per heavy atom. The largest absolute Gasteiger partial charge is 0.507 e. The summed E-state index contributed by atoms with van der Waals surface area (Å²) in [5.74, 6) is -0.468. The van der Waals surface area contributed by atoms with Gasteiger partial charge in [0.2, 0.25) is 0 Å². The number of hydrogen-bond acceptors (Lipinski definition) is 4. The number of rotatable bonds is 3. The highest BCUT2D eigenvalue weighted by Crippen LogP contribution is 2.22. The van der Waals surface area contributed by atoms with Crippen LogP contribution in [0.25, 0.3) is 0 Å². The van der Waals surface area contributed by atoms with E-state index in [1.165, 1.54) is 30.3 Å². The maximum Gasteiger partial charge on any atom is 0.269 e. The van der Waals surface area contributed by atoms with Crippen LogP contribution in [0, 0.1) is 17.0 Å². The van der Waals surface area contributed by atoms with Crippen molar-refractivity contribution in [2.24, 2.45) is 0 Å². The van der Waals surface area contributed by atoms with E-state index in [2.05, 4.69) is 0 Å². The molecule has 96 valence electrons. The highest BCUT2D eigenvalue weighted by atomic mass is 16.6. The Morgan fingerprint density at radius 2 is 1.79 bits per heavy atom. The lowest BCUT2D eigenvalue weighted by Crippen LogP contribution is -2.02. The maximum absolute atomic E-state index is 12.2. The molecular weight excluding hydrogens is 246 g/mol. The van der Waals surface area contributed by atoms with Crippen molar-refractivity contribution in [3.8, 4) is 5.75 Å². The van der Waals surface area contributed by atoms with Crippen LogP contribution in [-0.4, -0.2) is 15.8 Å². The highest BCUT2D eigenvalue weighted by Gasteiger charge is 2.15. The van der Waals surface area contributed by atoms with Crippen LogP contribution >= 0.6 is 0 Å². The lowest BCUT2D eigenvalue weighted by Gasteiger charge is -2.05. The quantitative estimate of drug-likeness (QED) is 0.520. The molecule has 2 rings (SSSR count). The Kier molecular flexibility index (Phi) is 3.29. The second-order valence-corrected chi connectivity index (χ2v) is 4.15. The third-order valence-electron chi connectivity index (χ3n) is 2.74. The van der Waals surface area contributed by atoms with Crippen molar-refractivity contribution in [3.63, 3.8) is 0 Å². The van der Waals surface area contributed by atoms with Crippen LogP contribution < -0.4 is 0 Å². The van der Waals surface area contributed by atoms with E-state index in [0.29, 0.717) is 5.56 Å². The summed E-state index contributed by atoms with van der Waals surface area (Å²) in [5, 5.41) is 20.2. The molecule has 0 amide bonds. The standard InChI is InChI=1S/C14H11NO4/c1-9-2-7-13(16)12(8-9)14(17)10-3-5-11(6-4-10)15(18)19/h2-8,16H,1H3. The molecule has 0 radical (unpaired) electrons. The summed E-state index contributed by atoms with van der Waals surface area (Å²) in [7, 11) is 0. The zero-order chi connectivity index (χ0) is 14.0. The summed E-state index contributed by atoms with van der Waals surface area (Å²) in [4.78, 5) is 22.2. The maximum atomic E-state index is 12.2. The molecule has 0 atom stereocenters. The van der Waals surface area contributed by atoms with Crippen LogP contribution in [0.5, 0.6) is 5.75 Å². The zero-order valence-corrected chi connectivity index (χ0v) is 10.2. The molecule has 0 aliphatic carbocycles. The number of non-ortho nitro benzene ring substituents is 1. The van der Waals surface area contributed by atoms with E-state index in [0.717, 1.165) is 5.56 Å². The molecule has 0 saturated carbocycles. The van der Waals surface area contributed by atoms with Crippen LogP contribution in [0.4, 0.5) is 5.69 Å². The molecule has 0 spiro atoms. The number of hydrogen-bond donors (Lipinski definition) is 1. The second kappa shape index (κ2) is 4.89. The number of aromatic hydroxyl groups is 1. The lowest BCUT2D eigenvalue weighted by molar-refractivity contribution is -0.384. The van der Waals surface area contributed by atoms with Gasteiger partial charge >= 0.3 is 0 Å². The number of phenols is 1. The first kappa shape index (κ1) is 12.8. The minimum absolute atomic E-state index is 0.0787. The molecule has 2 aromatic rings. The summed E-state index contributed by atoms with van der Waals surface area (Å²) in [6.45, 7) is 1.81. The minimum Gasteiger partial charge on any atom is -0.507 e. The fourth-order valence-electron chi connectivity index (χ4n) is 1.72. The fourth-order valence-corrected chi connectivity index (χ4v) is 1.72. The SMILES string of the molecule is Cc1ccc(O)c(C(=O)c2ccc([N+](=O)[O-])cc2)c1. The van der Waals surface area contributed by atoms with E-state index in [1.54, 1.807) is 12.1 Å². The first-order valence-corrected chi connectivity index (χ1v) is 5.58. The molecule has 0 aliphatic rings. The molecule has 5 heteroatoms. The van der Waals surface area contributed by atoms with Crippen LogP contribution in [0.2, 0.25) is 0 Å². The van der Waals surface area contributed by atoms with Gasteiger partial charge < -0.3 is 5.11 Å². The summed E-state index contributed by atoms with van der Waals surface area (Å²) in [5.41, 5.74) is 1.26. The van der Waals surface area contributed by atoms with Crippen LogP contribution in [0.1, 0.15) is 21.5 Å². The summed E-state index contributed by atoms with van der Waals surface area (Å²) >= 11 is 0. The third-order valence-corrected chi connectivity index (χ3v) is 2.74. The van der Waals surface area contributed by atoms with Gasteiger partial charge in [0.15, 0.2) is 5.78 Å². The smallest absolute Gasteiger partial charge is 0.269 e. The Morgan fingerprint density at radius 3 is 2.37 bits per heavy atom. The van der Waals surface area contributed by atoms with Gasteiger partial charge in [0.1, 0.15) is 5.75 Å². The molecule has 2 aromatic carbocycles. The number of nitro groups is 1. The first-order chi connectivity index (χ1) is 8.99. The average molecular weight is 257 g/mol. The summed E-state index contributed by atoms with van der Waals surface area (Å²) < 4.78 is 0. The van der Waals surface area contributed by atoms with Crippen molar-refractivity contribution in [3.05, 3.63) is 69.3 Å². The molecular formula is C14H11NO4. The van der Waals surface area contributed by atoms with E-state index >= 15 is 0 Å². The molecule has 0 fully saturated rings. The van der Waals surface area contributed by atoms with Gasteiger partial charge in [0, 0.05) is 17.7 Å². The number of nitro benzene ring substituents is 1. The third kappa shape index (κ3) is 2.60. The van der Waals surface area contributed by atoms with Gasteiger partial charge in [-0.3, -0.25) is 14.9 Å². The van der Waals surface area contributed by atoms with Crippen molar-refractivity contribution >= 4 is 11.5 Å². The molecule has 0 aromatic heterocycles. The van der Waals surface area contributed by atoms with E-state index in [1.807, 2.05) is 6.92 Å². The molecule has 19 heavy (non-hydrogen) atoms. The number of phenolic OH excluding ortho intramolecular Hbond substituents is 1. The van der Waals surface area contributed by atoms with Crippen molar-refractivity contribution in [2.45, 2.75) is 6.92 Å². The molecule has 0 unspecified atom stereocenters. The predicted molar refractivity (Wildman–Crippen MR) is 69.4 cm³/mol. The predicted octanol–water partition coefficient (Wildman–Crippen LogP) is 2.84. The van der Waals surface area contributed by atoms with Gasteiger partial charge in [-0.2, -0.15) is 0 Å². The lowest BCUT2D eigenvalue weighted by atomic mass is 10.0. The Balaban J connectivity index is 2.38. The molecule has 1 N–H and O–H groups in total. The molecule has 0 bridgehead atoms. The Bertz CT molecular complexity index is 647. The van der Waals surface area contributed by atoms with E-state index in [-0.39, 0.29) is 22.8 Å². The Labute approximate surface area is 109 Å². The van der Waals surface area contributed by atoms with E-state index in [9.17, 15) is 20.0 Å². The Hall–Kier alpha value is -2.69. The number of aryl methyl sites for hydroxylation is 1. The number of nitrogens with zero attached hydrogens (tertiary/aromatic N) is 1. The summed E-state index contributed by atoms with van der Waals surface area (Å²) in [6.07, 6.45) is 0. The van der Waals surface area contributed by atoms with Gasteiger partial charge in [-0.25, -0.2) is 0 Å². The van der Waals surface area contributed by atoms with Crippen LogP contribution in [0.3, 0.4) is 0 Å². The van der Waals surface area contributed by atoms with Gasteiger partial charge in [-0.05, 0) is 31.2 Å². The number of benzene rings is 2. The van der Waals surface area contributed by atoms with Gasteiger partial charge in [0.25, 0.3) is 5.69 Å².